The lowest BCUT2D eigenvalue weighted by molar-refractivity contribution is -0.136. The summed E-state index contributed by atoms with van der Waals surface area (Å²) in [6.07, 6.45) is 2.98. The van der Waals surface area contributed by atoms with Crippen LogP contribution in [-0.4, -0.2) is 16.3 Å². The van der Waals surface area contributed by atoms with E-state index in [0.717, 1.165) is 24.8 Å². The van der Waals surface area contributed by atoms with E-state index in [9.17, 15) is 4.79 Å². The lowest BCUT2D eigenvalue weighted by atomic mass is 9.90. The number of carboxylic acid groups (broad SMARTS) is 1. The number of hydrogen-bond donors (Lipinski definition) is 2. The van der Waals surface area contributed by atoms with Crippen molar-refractivity contribution in [1.29, 1.82) is 0 Å². The average Bonchev–Trinajstić information content (AvgIpc) is 2.30. The number of unbranched alkanes of at least 4 members (excludes halogenated alkanes) is 1. The first-order valence-electron chi connectivity index (χ1n) is 5.62. The monoisotopic (exact) mass is 238 g/mol. The molecule has 0 bridgehead atoms. The fourth-order valence-corrected chi connectivity index (χ4v) is 2.12. The lowest BCUT2D eigenvalue weighted by Crippen LogP contribution is -2.22. The van der Waals surface area contributed by atoms with E-state index in [1.165, 1.54) is 0 Å². The van der Waals surface area contributed by atoms with Crippen LogP contribution in [0.15, 0.2) is 30.3 Å². The summed E-state index contributed by atoms with van der Waals surface area (Å²) >= 11 is 4.20. The van der Waals surface area contributed by atoms with Gasteiger partial charge in [0.2, 0.25) is 0 Å². The van der Waals surface area contributed by atoms with Gasteiger partial charge in [0.15, 0.2) is 0 Å². The molecule has 1 aromatic rings. The van der Waals surface area contributed by atoms with Crippen molar-refractivity contribution in [3.05, 3.63) is 35.9 Å². The minimum Gasteiger partial charge on any atom is -0.480 e. The molecule has 0 radical (unpaired) electrons. The Hall–Kier alpha value is -0.960. The van der Waals surface area contributed by atoms with Crippen LogP contribution < -0.4 is 0 Å². The number of thiol groups is 1. The number of aliphatic carboxylic acids is 1. The molecule has 3 heteroatoms. The molecule has 1 rings (SSSR count). The highest BCUT2D eigenvalue weighted by atomic mass is 32.1. The molecule has 88 valence electrons. The fourth-order valence-electron chi connectivity index (χ4n) is 1.80. The SMILES string of the molecule is CCCCC(c1ccccc1)C(S)C(=O)O. The van der Waals surface area contributed by atoms with E-state index < -0.39 is 11.2 Å². The van der Waals surface area contributed by atoms with Gasteiger partial charge in [-0.05, 0) is 12.0 Å². The topological polar surface area (TPSA) is 37.3 Å². The van der Waals surface area contributed by atoms with Crippen LogP contribution in [0.1, 0.15) is 37.7 Å². The maximum atomic E-state index is 11.0. The molecule has 1 N–H and O–H groups in total. The highest BCUT2D eigenvalue weighted by Gasteiger charge is 2.25. The lowest BCUT2D eigenvalue weighted by Gasteiger charge is -2.20. The Morgan fingerprint density at radius 3 is 2.50 bits per heavy atom. The van der Waals surface area contributed by atoms with Crippen molar-refractivity contribution >= 4 is 18.6 Å². The van der Waals surface area contributed by atoms with Crippen molar-refractivity contribution < 1.29 is 9.90 Å². The van der Waals surface area contributed by atoms with Crippen LogP contribution in [0.5, 0.6) is 0 Å². The average molecular weight is 238 g/mol. The van der Waals surface area contributed by atoms with Crippen molar-refractivity contribution in [1.82, 2.24) is 0 Å². The molecular formula is C13H18O2S. The van der Waals surface area contributed by atoms with Gasteiger partial charge in [-0.3, -0.25) is 4.79 Å². The molecule has 16 heavy (non-hydrogen) atoms. The molecule has 0 spiro atoms. The molecule has 1 aromatic carbocycles. The predicted molar refractivity (Wildman–Crippen MR) is 69.1 cm³/mol. The van der Waals surface area contributed by atoms with Crippen LogP contribution in [0.3, 0.4) is 0 Å². The predicted octanol–water partition coefficient (Wildman–Crippen LogP) is 3.34. The molecule has 0 fully saturated rings. The first-order chi connectivity index (χ1) is 7.66. The summed E-state index contributed by atoms with van der Waals surface area (Å²) < 4.78 is 0. The molecule has 0 aliphatic rings. The molecule has 2 nitrogen and oxygen atoms in total. The second-order valence-electron chi connectivity index (χ2n) is 3.94. The van der Waals surface area contributed by atoms with E-state index >= 15 is 0 Å². The molecule has 0 aliphatic carbocycles. The number of hydrogen-bond acceptors (Lipinski definition) is 2. The summed E-state index contributed by atoms with van der Waals surface area (Å²) in [6.45, 7) is 2.11. The third-order valence-electron chi connectivity index (χ3n) is 2.73. The molecule has 0 saturated heterocycles. The summed E-state index contributed by atoms with van der Waals surface area (Å²) in [5.74, 6) is -0.838. The van der Waals surface area contributed by atoms with Crippen LogP contribution in [0.25, 0.3) is 0 Å². The Bertz CT molecular complexity index is 324. The third kappa shape index (κ3) is 3.56. The van der Waals surface area contributed by atoms with Crippen molar-refractivity contribution in [3.8, 4) is 0 Å². The molecule has 0 saturated carbocycles. The van der Waals surface area contributed by atoms with Crippen LogP contribution in [-0.2, 0) is 4.79 Å². The number of rotatable bonds is 6. The van der Waals surface area contributed by atoms with Gasteiger partial charge in [0.1, 0.15) is 5.25 Å². The van der Waals surface area contributed by atoms with Gasteiger partial charge in [-0.1, -0.05) is 50.1 Å². The zero-order chi connectivity index (χ0) is 12.0. The van der Waals surface area contributed by atoms with E-state index in [1.54, 1.807) is 0 Å². The molecular weight excluding hydrogens is 220 g/mol. The molecule has 0 amide bonds. The molecule has 0 aromatic heterocycles. The third-order valence-corrected chi connectivity index (χ3v) is 3.31. The highest BCUT2D eigenvalue weighted by molar-refractivity contribution is 7.81. The van der Waals surface area contributed by atoms with Crippen LogP contribution in [0, 0.1) is 0 Å². The molecule has 0 aliphatic heterocycles. The quantitative estimate of drug-likeness (QED) is 0.746. The highest BCUT2D eigenvalue weighted by Crippen LogP contribution is 2.28. The summed E-state index contributed by atoms with van der Waals surface area (Å²) in [4.78, 5) is 11.0. The molecule has 2 unspecified atom stereocenters. The number of carbonyl (C=O) groups is 1. The van der Waals surface area contributed by atoms with Crippen LogP contribution in [0.4, 0.5) is 0 Å². The van der Waals surface area contributed by atoms with E-state index in [4.69, 9.17) is 5.11 Å². The fraction of sp³-hybridized carbons (Fsp3) is 0.462. The van der Waals surface area contributed by atoms with Gasteiger partial charge in [-0.2, -0.15) is 12.6 Å². The van der Waals surface area contributed by atoms with E-state index in [2.05, 4.69) is 19.6 Å². The Kier molecular flexibility index (Phi) is 5.39. The van der Waals surface area contributed by atoms with Crippen LogP contribution in [0.2, 0.25) is 0 Å². The van der Waals surface area contributed by atoms with E-state index in [0.29, 0.717) is 0 Å². The van der Waals surface area contributed by atoms with Gasteiger partial charge in [0.25, 0.3) is 0 Å². The minimum absolute atomic E-state index is 0.00184. The van der Waals surface area contributed by atoms with Crippen molar-refractivity contribution in [2.75, 3.05) is 0 Å². The Labute approximate surface area is 102 Å². The van der Waals surface area contributed by atoms with Crippen molar-refractivity contribution in [2.45, 2.75) is 37.4 Å². The maximum Gasteiger partial charge on any atom is 0.316 e. The zero-order valence-electron chi connectivity index (χ0n) is 9.47. The first kappa shape index (κ1) is 13.1. The van der Waals surface area contributed by atoms with Gasteiger partial charge in [-0.25, -0.2) is 0 Å². The number of carboxylic acids is 1. The minimum atomic E-state index is -0.840. The standard InChI is InChI=1S/C13H18O2S/c1-2-3-9-11(12(16)13(14)15)10-7-5-4-6-8-10/h4-8,11-12,16H,2-3,9H2,1H3,(H,14,15). The Balaban J connectivity index is 2.83. The van der Waals surface area contributed by atoms with E-state index in [-0.39, 0.29) is 5.92 Å². The first-order valence-corrected chi connectivity index (χ1v) is 6.14. The van der Waals surface area contributed by atoms with Crippen LogP contribution >= 0.6 is 12.6 Å². The smallest absolute Gasteiger partial charge is 0.316 e. The second-order valence-corrected chi connectivity index (χ2v) is 4.50. The van der Waals surface area contributed by atoms with E-state index in [1.807, 2.05) is 30.3 Å². The van der Waals surface area contributed by atoms with Gasteiger partial charge in [0.05, 0.1) is 0 Å². The second kappa shape index (κ2) is 6.59. The van der Waals surface area contributed by atoms with Gasteiger partial charge in [0, 0.05) is 5.92 Å². The van der Waals surface area contributed by atoms with Gasteiger partial charge >= 0.3 is 5.97 Å². The van der Waals surface area contributed by atoms with Gasteiger partial charge < -0.3 is 5.11 Å². The normalized spacial score (nSPS) is 14.4. The summed E-state index contributed by atoms with van der Waals surface area (Å²) in [7, 11) is 0. The summed E-state index contributed by atoms with van der Waals surface area (Å²) in [5.41, 5.74) is 1.07. The number of benzene rings is 1. The zero-order valence-corrected chi connectivity index (χ0v) is 10.4. The molecule has 2 atom stereocenters. The largest absolute Gasteiger partial charge is 0.480 e. The summed E-state index contributed by atoms with van der Waals surface area (Å²) in [6, 6.07) is 9.78. The van der Waals surface area contributed by atoms with Gasteiger partial charge in [-0.15, -0.1) is 0 Å². The Morgan fingerprint density at radius 1 is 1.38 bits per heavy atom. The Morgan fingerprint density at radius 2 is 2.00 bits per heavy atom. The summed E-state index contributed by atoms with van der Waals surface area (Å²) in [5, 5.41) is 8.42. The van der Waals surface area contributed by atoms with Crippen molar-refractivity contribution in [2.24, 2.45) is 0 Å². The maximum absolute atomic E-state index is 11.0. The molecule has 0 heterocycles. The van der Waals surface area contributed by atoms with Crippen molar-refractivity contribution in [3.63, 3.8) is 0 Å².